The number of ether oxygens (including phenoxy) is 1. The lowest BCUT2D eigenvalue weighted by atomic mass is 10.2. The fourth-order valence-corrected chi connectivity index (χ4v) is 2.07. The van der Waals surface area contributed by atoms with Crippen molar-refractivity contribution in [2.45, 2.75) is 0 Å². The van der Waals surface area contributed by atoms with Crippen molar-refractivity contribution in [2.24, 2.45) is 5.73 Å². The third-order valence-corrected chi connectivity index (χ3v) is 3.03. The number of hydrogen-bond acceptors (Lipinski definition) is 2. The zero-order valence-electron chi connectivity index (χ0n) is 9.79. The van der Waals surface area contributed by atoms with Gasteiger partial charge >= 0.3 is 0 Å². The molecule has 0 fully saturated rings. The molecule has 0 bridgehead atoms. The van der Waals surface area contributed by atoms with E-state index in [-0.39, 0.29) is 16.3 Å². The first kappa shape index (κ1) is 14.8. The van der Waals surface area contributed by atoms with Crippen molar-refractivity contribution in [1.82, 2.24) is 0 Å². The first-order valence-electron chi connectivity index (χ1n) is 5.29. The van der Waals surface area contributed by atoms with E-state index in [4.69, 9.17) is 10.5 Å². The number of thiocarbonyl (C=S) groups is 1. The maximum Gasteiger partial charge on any atom is 0.198 e. The summed E-state index contributed by atoms with van der Waals surface area (Å²) < 4.78 is 46.1. The van der Waals surface area contributed by atoms with Crippen LogP contribution in [-0.2, 0) is 0 Å². The fraction of sp³-hybridized carbons (Fsp3) is 0. The van der Waals surface area contributed by atoms with Crippen molar-refractivity contribution in [3.63, 3.8) is 0 Å². The third-order valence-electron chi connectivity index (χ3n) is 2.34. The minimum Gasteiger partial charge on any atom is -0.451 e. The minimum atomic E-state index is -0.979. The van der Waals surface area contributed by atoms with Crippen LogP contribution >= 0.6 is 28.1 Å². The molecule has 2 aromatic rings. The Morgan fingerprint density at radius 3 is 2.15 bits per heavy atom. The summed E-state index contributed by atoms with van der Waals surface area (Å²) in [7, 11) is 0. The van der Waals surface area contributed by atoms with Crippen LogP contribution in [0.1, 0.15) is 5.56 Å². The lowest BCUT2D eigenvalue weighted by Crippen LogP contribution is -2.10. The maximum absolute atomic E-state index is 13.8. The van der Waals surface area contributed by atoms with Crippen LogP contribution in [0.3, 0.4) is 0 Å². The molecule has 0 aliphatic heterocycles. The molecule has 0 saturated carbocycles. The molecule has 104 valence electrons. The maximum atomic E-state index is 13.8. The molecule has 2 aromatic carbocycles. The highest BCUT2D eigenvalue weighted by molar-refractivity contribution is 9.10. The van der Waals surface area contributed by atoms with Gasteiger partial charge in [-0.05, 0) is 24.3 Å². The van der Waals surface area contributed by atoms with Crippen molar-refractivity contribution in [2.75, 3.05) is 0 Å². The highest BCUT2D eigenvalue weighted by atomic mass is 79.9. The zero-order valence-corrected chi connectivity index (χ0v) is 12.2. The van der Waals surface area contributed by atoms with Gasteiger partial charge in [0.2, 0.25) is 0 Å². The molecule has 20 heavy (non-hydrogen) atoms. The van der Waals surface area contributed by atoms with Gasteiger partial charge in [0.15, 0.2) is 17.4 Å². The molecule has 0 atom stereocenters. The molecule has 0 amide bonds. The molecule has 0 spiro atoms. The van der Waals surface area contributed by atoms with Crippen LogP contribution in [0, 0.1) is 17.5 Å². The predicted octanol–water partition coefficient (Wildman–Crippen LogP) is 4.29. The highest BCUT2D eigenvalue weighted by Gasteiger charge is 2.15. The normalized spacial score (nSPS) is 10.4. The summed E-state index contributed by atoms with van der Waals surface area (Å²) >= 11 is 7.69. The van der Waals surface area contributed by atoms with Crippen LogP contribution < -0.4 is 10.5 Å². The Labute approximate surface area is 126 Å². The molecular weight excluding hydrogens is 355 g/mol. The number of halogens is 4. The van der Waals surface area contributed by atoms with Crippen LogP contribution in [0.25, 0.3) is 0 Å². The molecule has 0 radical (unpaired) electrons. The molecule has 2 rings (SSSR count). The van der Waals surface area contributed by atoms with E-state index >= 15 is 0 Å². The van der Waals surface area contributed by atoms with Crippen molar-refractivity contribution in [1.29, 1.82) is 0 Å². The summed E-state index contributed by atoms with van der Waals surface area (Å²) in [4.78, 5) is -0.136. The largest absolute Gasteiger partial charge is 0.451 e. The molecule has 0 aliphatic carbocycles. The Kier molecular flexibility index (Phi) is 4.29. The van der Waals surface area contributed by atoms with Gasteiger partial charge in [-0.15, -0.1) is 0 Å². The molecule has 2 nitrogen and oxygen atoms in total. The standard InChI is InChI=1S/C13H7BrF3NOS/c14-7-3-8(15)5-9(4-7)19-12-10(16)1-6(13(18)20)2-11(12)17/h1-5H,(H2,18,20). The molecule has 7 heteroatoms. The average Bonchev–Trinajstić information content (AvgIpc) is 2.32. The topological polar surface area (TPSA) is 35.2 Å². The van der Waals surface area contributed by atoms with E-state index in [1.165, 1.54) is 12.1 Å². The van der Waals surface area contributed by atoms with Gasteiger partial charge in [0.05, 0.1) is 0 Å². The van der Waals surface area contributed by atoms with E-state index in [1.807, 2.05) is 0 Å². The van der Waals surface area contributed by atoms with Gasteiger partial charge in [0, 0.05) is 16.1 Å². The van der Waals surface area contributed by atoms with E-state index in [0.717, 1.165) is 18.2 Å². The van der Waals surface area contributed by atoms with Crippen LogP contribution in [-0.4, -0.2) is 4.99 Å². The second-order valence-corrected chi connectivity index (χ2v) is 5.20. The number of rotatable bonds is 3. The Morgan fingerprint density at radius 2 is 1.65 bits per heavy atom. The second-order valence-electron chi connectivity index (χ2n) is 3.84. The molecule has 2 N–H and O–H groups in total. The molecule has 0 aliphatic rings. The van der Waals surface area contributed by atoms with E-state index in [9.17, 15) is 13.2 Å². The van der Waals surface area contributed by atoms with Gasteiger partial charge in [-0.2, -0.15) is 0 Å². The van der Waals surface area contributed by atoms with Crippen LogP contribution in [0.5, 0.6) is 11.5 Å². The van der Waals surface area contributed by atoms with Crippen molar-refractivity contribution < 1.29 is 17.9 Å². The van der Waals surface area contributed by atoms with Gasteiger partial charge in [-0.1, -0.05) is 28.1 Å². The number of nitrogens with two attached hydrogens (primary N) is 1. The molecule has 0 aromatic heterocycles. The molecule has 0 heterocycles. The summed E-state index contributed by atoms with van der Waals surface area (Å²) in [5.41, 5.74) is 5.34. The van der Waals surface area contributed by atoms with Crippen molar-refractivity contribution in [3.05, 3.63) is 57.8 Å². The first-order chi connectivity index (χ1) is 9.36. The monoisotopic (exact) mass is 361 g/mol. The zero-order chi connectivity index (χ0) is 14.9. The van der Waals surface area contributed by atoms with Crippen molar-refractivity contribution >= 4 is 33.1 Å². The van der Waals surface area contributed by atoms with Crippen LogP contribution in [0.4, 0.5) is 13.2 Å². The predicted molar refractivity (Wildman–Crippen MR) is 76.4 cm³/mol. The van der Waals surface area contributed by atoms with Gasteiger partial charge in [0.25, 0.3) is 0 Å². The van der Waals surface area contributed by atoms with Crippen LogP contribution in [0.2, 0.25) is 0 Å². The smallest absolute Gasteiger partial charge is 0.198 e. The lowest BCUT2D eigenvalue weighted by Gasteiger charge is -2.10. The van der Waals surface area contributed by atoms with Gasteiger partial charge in [-0.3, -0.25) is 0 Å². The fourth-order valence-electron chi connectivity index (χ4n) is 1.50. The second kappa shape index (κ2) is 5.80. The first-order valence-corrected chi connectivity index (χ1v) is 6.49. The van der Waals surface area contributed by atoms with Gasteiger partial charge in [-0.25, -0.2) is 13.2 Å². The Balaban J connectivity index is 2.41. The van der Waals surface area contributed by atoms with E-state index < -0.39 is 23.2 Å². The molecule has 0 saturated heterocycles. The Bertz CT molecular complexity index is 650. The van der Waals surface area contributed by atoms with E-state index in [2.05, 4.69) is 28.1 Å². The minimum absolute atomic E-state index is 0.0437. The Hall–Kier alpha value is -1.60. The summed E-state index contributed by atoms with van der Waals surface area (Å²) in [6.07, 6.45) is 0. The van der Waals surface area contributed by atoms with Crippen molar-refractivity contribution in [3.8, 4) is 11.5 Å². The lowest BCUT2D eigenvalue weighted by molar-refractivity contribution is 0.405. The SMILES string of the molecule is NC(=S)c1cc(F)c(Oc2cc(F)cc(Br)c2)c(F)c1. The summed E-state index contributed by atoms with van der Waals surface area (Å²) in [5, 5.41) is 0. The number of benzene rings is 2. The number of hydrogen-bond donors (Lipinski definition) is 1. The summed E-state index contributed by atoms with van der Waals surface area (Å²) in [6, 6.07) is 5.48. The van der Waals surface area contributed by atoms with Crippen LogP contribution in [0.15, 0.2) is 34.8 Å². The summed E-state index contributed by atoms with van der Waals surface area (Å²) in [6.45, 7) is 0. The quantitative estimate of drug-likeness (QED) is 0.828. The van der Waals surface area contributed by atoms with Gasteiger partial charge < -0.3 is 10.5 Å². The van der Waals surface area contributed by atoms with E-state index in [0.29, 0.717) is 4.47 Å². The highest BCUT2D eigenvalue weighted by Crippen LogP contribution is 2.30. The average molecular weight is 362 g/mol. The molecular formula is C13H7BrF3NOS. The Morgan fingerprint density at radius 1 is 1.05 bits per heavy atom. The van der Waals surface area contributed by atoms with E-state index in [1.54, 1.807) is 0 Å². The molecule has 0 unspecified atom stereocenters. The van der Waals surface area contributed by atoms with Gasteiger partial charge in [0.1, 0.15) is 16.6 Å². The third kappa shape index (κ3) is 3.29. The summed E-state index contributed by atoms with van der Waals surface area (Å²) in [5.74, 6) is -3.25.